The van der Waals surface area contributed by atoms with E-state index in [1.165, 1.54) is 16.4 Å². The standard InChI is InChI=1S/C19H19BrFN3O2S/c1-24(27(25,26)18-10-6-15(20)7-11-18)12-2-3-17-13-19(23-22-17)14-4-8-16(21)9-5-14/h4-11,13H,2-3,12H2,1H3,(H,22,23). The lowest BCUT2D eigenvalue weighted by atomic mass is 10.1. The predicted molar refractivity (Wildman–Crippen MR) is 106 cm³/mol. The highest BCUT2D eigenvalue weighted by Gasteiger charge is 2.20. The van der Waals surface area contributed by atoms with E-state index >= 15 is 0 Å². The number of aromatic amines is 1. The number of nitrogens with zero attached hydrogens (tertiary/aromatic N) is 2. The number of hydrogen-bond acceptors (Lipinski definition) is 3. The third kappa shape index (κ3) is 4.82. The first kappa shape index (κ1) is 19.7. The van der Waals surface area contributed by atoms with E-state index in [9.17, 15) is 12.8 Å². The Hall–Kier alpha value is -2.03. The quantitative estimate of drug-likeness (QED) is 0.584. The van der Waals surface area contributed by atoms with Crippen LogP contribution < -0.4 is 0 Å². The Bertz CT molecular complexity index is 1000. The van der Waals surface area contributed by atoms with E-state index in [1.54, 1.807) is 43.4 Å². The van der Waals surface area contributed by atoms with Crippen LogP contribution in [0.25, 0.3) is 11.3 Å². The molecule has 1 N–H and O–H groups in total. The molecule has 3 aromatic rings. The summed E-state index contributed by atoms with van der Waals surface area (Å²) in [4.78, 5) is 0.272. The van der Waals surface area contributed by atoms with Gasteiger partial charge in [-0.1, -0.05) is 15.9 Å². The van der Waals surface area contributed by atoms with Gasteiger partial charge in [-0.15, -0.1) is 0 Å². The van der Waals surface area contributed by atoms with Crippen molar-refractivity contribution in [3.63, 3.8) is 0 Å². The number of sulfonamides is 1. The van der Waals surface area contributed by atoms with Gasteiger partial charge >= 0.3 is 0 Å². The molecule has 0 radical (unpaired) electrons. The lowest BCUT2D eigenvalue weighted by Gasteiger charge is -2.17. The van der Waals surface area contributed by atoms with Crippen molar-refractivity contribution in [2.24, 2.45) is 0 Å². The molecule has 1 aromatic heterocycles. The molecule has 142 valence electrons. The van der Waals surface area contributed by atoms with Crippen LogP contribution in [0.5, 0.6) is 0 Å². The molecule has 0 unspecified atom stereocenters. The Labute approximate surface area is 166 Å². The van der Waals surface area contributed by atoms with Gasteiger partial charge in [-0.2, -0.15) is 5.10 Å². The van der Waals surface area contributed by atoms with E-state index in [-0.39, 0.29) is 10.7 Å². The van der Waals surface area contributed by atoms with Crippen molar-refractivity contribution in [1.82, 2.24) is 14.5 Å². The van der Waals surface area contributed by atoms with Gasteiger partial charge in [0.05, 0.1) is 10.6 Å². The number of nitrogens with one attached hydrogen (secondary N) is 1. The highest BCUT2D eigenvalue weighted by molar-refractivity contribution is 9.10. The average Bonchev–Trinajstić information content (AvgIpc) is 3.11. The second-order valence-electron chi connectivity index (χ2n) is 6.17. The summed E-state index contributed by atoms with van der Waals surface area (Å²) in [5.74, 6) is -0.287. The molecule has 0 fully saturated rings. The van der Waals surface area contributed by atoms with Crippen molar-refractivity contribution in [2.75, 3.05) is 13.6 Å². The Balaban J connectivity index is 1.58. The maximum Gasteiger partial charge on any atom is 0.242 e. The minimum atomic E-state index is -3.50. The molecule has 0 aliphatic rings. The smallest absolute Gasteiger partial charge is 0.242 e. The summed E-state index contributed by atoms with van der Waals surface area (Å²) in [5.41, 5.74) is 2.47. The summed E-state index contributed by atoms with van der Waals surface area (Å²) in [6, 6.07) is 14.6. The zero-order valence-corrected chi connectivity index (χ0v) is 17.1. The highest BCUT2D eigenvalue weighted by atomic mass is 79.9. The van der Waals surface area contributed by atoms with E-state index in [1.807, 2.05) is 6.07 Å². The largest absolute Gasteiger partial charge is 0.282 e. The van der Waals surface area contributed by atoms with Gasteiger partial charge in [0.15, 0.2) is 0 Å². The van der Waals surface area contributed by atoms with Crippen LogP contribution in [0.3, 0.4) is 0 Å². The van der Waals surface area contributed by atoms with Gasteiger partial charge in [-0.25, -0.2) is 17.1 Å². The van der Waals surface area contributed by atoms with Crippen LogP contribution in [0, 0.1) is 5.82 Å². The van der Waals surface area contributed by atoms with Gasteiger partial charge in [-0.05, 0) is 67.4 Å². The van der Waals surface area contributed by atoms with Gasteiger partial charge in [-0.3, -0.25) is 5.10 Å². The lowest BCUT2D eigenvalue weighted by molar-refractivity contribution is 0.460. The Morgan fingerprint density at radius 2 is 1.78 bits per heavy atom. The topological polar surface area (TPSA) is 66.1 Å². The summed E-state index contributed by atoms with van der Waals surface area (Å²) in [6.45, 7) is 0.392. The van der Waals surface area contributed by atoms with E-state index in [4.69, 9.17) is 0 Å². The van der Waals surface area contributed by atoms with Gasteiger partial charge in [0.1, 0.15) is 5.82 Å². The molecule has 0 aliphatic heterocycles. The second kappa shape index (κ2) is 8.33. The highest BCUT2D eigenvalue weighted by Crippen LogP contribution is 2.20. The summed E-state index contributed by atoms with van der Waals surface area (Å²) >= 11 is 3.30. The molecule has 0 aliphatic carbocycles. The van der Waals surface area contributed by atoms with Crippen LogP contribution in [0.1, 0.15) is 12.1 Å². The Kier molecular flexibility index (Phi) is 6.08. The minimum Gasteiger partial charge on any atom is -0.282 e. The first-order valence-electron chi connectivity index (χ1n) is 8.38. The summed E-state index contributed by atoms with van der Waals surface area (Å²) in [6.07, 6.45) is 1.31. The minimum absolute atomic E-state index is 0.272. The summed E-state index contributed by atoms with van der Waals surface area (Å²) < 4.78 is 40.3. The van der Waals surface area contributed by atoms with Crippen LogP contribution >= 0.6 is 15.9 Å². The molecular weight excluding hydrogens is 433 g/mol. The van der Waals surface area contributed by atoms with Crippen molar-refractivity contribution in [3.05, 3.63) is 70.6 Å². The fourth-order valence-corrected chi connectivity index (χ4v) is 4.13. The molecule has 3 rings (SSSR count). The van der Waals surface area contributed by atoms with E-state index in [0.29, 0.717) is 19.4 Å². The van der Waals surface area contributed by atoms with E-state index in [2.05, 4.69) is 26.1 Å². The van der Waals surface area contributed by atoms with E-state index in [0.717, 1.165) is 21.4 Å². The number of halogens is 2. The number of aromatic nitrogens is 2. The van der Waals surface area contributed by atoms with Crippen LogP contribution in [-0.2, 0) is 16.4 Å². The number of H-pyrrole nitrogens is 1. The number of aryl methyl sites for hydroxylation is 1. The van der Waals surface area contributed by atoms with Gasteiger partial charge in [0.2, 0.25) is 10.0 Å². The predicted octanol–water partition coefficient (Wildman–Crippen LogP) is 4.23. The average molecular weight is 452 g/mol. The fourth-order valence-electron chi connectivity index (χ4n) is 2.66. The van der Waals surface area contributed by atoms with Crippen LogP contribution in [0.4, 0.5) is 4.39 Å². The Morgan fingerprint density at radius 3 is 2.44 bits per heavy atom. The Morgan fingerprint density at radius 1 is 1.11 bits per heavy atom. The lowest BCUT2D eigenvalue weighted by Crippen LogP contribution is -2.28. The molecule has 0 amide bonds. The molecule has 0 bridgehead atoms. The molecular formula is C19H19BrFN3O2S. The SMILES string of the molecule is CN(CCCc1cc(-c2ccc(F)cc2)n[nH]1)S(=O)(=O)c1ccc(Br)cc1. The molecule has 5 nitrogen and oxygen atoms in total. The zero-order chi connectivity index (χ0) is 19.4. The molecule has 0 atom stereocenters. The van der Waals surface area contributed by atoms with Gasteiger partial charge in [0.25, 0.3) is 0 Å². The van der Waals surface area contributed by atoms with Crippen LogP contribution in [0.15, 0.2) is 64.0 Å². The maximum absolute atomic E-state index is 13.0. The molecule has 0 saturated carbocycles. The van der Waals surface area contributed by atoms with Crippen LogP contribution in [0.2, 0.25) is 0 Å². The molecule has 8 heteroatoms. The maximum atomic E-state index is 13.0. The van der Waals surface area contributed by atoms with Crippen LogP contribution in [-0.4, -0.2) is 36.5 Å². The zero-order valence-electron chi connectivity index (χ0n) is 14.7. The monoisotopic (exact) mass is 451 g/mol. The second-order valence-corrected chi connectivity index (χ2v) is 9.13. The van der Waals surface area contributed by atoms with Crippen molar-refractivity contribution >= 4 is 26.0 Å². The first-order valence-corrected chi connectivity index (χ1v) is 10.6. The third-order valence-corrected chi connectivity index (χ3v) is 6.61. The number of rotatable bonds is 7. The van der Waals surface area contributed by atoms with Gasteiger partial charge < -0.3 is 0 Å². The van der Waals surface area contributed by atoms with Crippen molar-refractivity contribution < 1.29 is 12.8 Å². The van der Waals surface area contributed by atoms with Crippen molar-refractivity contribution in [1.29, 1.82) is 0 Å². The van der Waals surface area contributed by atoms with Crippen molar-refractivity contribution in [2.45, 2.75) is 17.7 Å². The van der Waals surface area contributed by atoms with Gasteiger partial charge in [0, 0.05) is 29.3 Å². The number of benzene rings is 2. The fraction of sp³-hybridized carbons (Fsp3) is 0.211. The summed E-state index contributed by atoms with van der Waals surface area (Å²) in [5, 5.41) is 7.19. The van der Waals surface area contributed by atoms with E-state index < -0.39 is 10.0 Å². The molecule has 1 heterocycles. The normalized spacial score (nSPS) is 11.9. The third-order valence-electron chi connectivity index (χ3n) is 4.21. The molecule has 2 aromatic carbocycles. The number of hydrogen-bond donors (Lipinski definition) is 1. The molecule has 0 spiro atoms. The molecule has 27 heavy (non-hydrogen) atoms. The van der Waals surface area contributed by atoms with Crippen molar-refractivity contribution in [3.8, 4) is 11.3 Å². The summed E-state index contributed by atoms with van der Waals surface area (Å²) in [7, 11) is -1.92. The first-order chi connectivity index (χ1) is 12.9. The molecule has 0 saturated heterocycles.